The summed E-state index contributed by atoms with van der Waals surface area (Å²) in [5, 5.41) is 3.35. The molecule has 0 unspecified atom stereocenters. The standard InChI is InChI=1S/C13H25NO2/c1-5-11(6-2)10-14-9-8-12(7-3)13(15)16-4/h8,11,14H,5-7,9-10H2,1-4H3/b12-8-. The lowest BCUT2D eigenvalue weighted by atomic mass is 10.0. The van der Waals surface area contributed by atoms with Crippen molar-refractivity contribution < 1.29 is 9.53 Å². The van der Waals surface area contributed by atoms with Gasteiger partial charge in [0.25, 0.3) is 0 Å². The summed E-state index contributed by atoms with van der Waals surface area (Å²) in [4.78, 5) is 11.3. The largest absolute Gasteiger partial charge is 0.466 e. The van der Waals surface area contributed by atoms with Gasteiger partial charge in [-0.05, 0) is 18.9 Å². The molecule has 0 atom stereocenters. The van der Waals surface area contributed by atoms with Gasteiger partial charge in [0.05, 0.1) is 7.11 Å². The first-order valence-corrected chi connectivity index (χ1v) is 6.17. The number of hydrogen-bond acceptors (Lipinski definition) is 3. The summed E-state index contributed by atoms with van der Waals surface area (Å²) < 4.78 is 4.69. The number of esters is 1. The molecular weight excluding hydrogens is 202 g/mol. The van der Waals surface area contributed by atoms with Gasteiger partial charge < -0.3 is 10.1 Å². The Labute approximate surface area is 99.3 Å². The van der Waals surface area contributed by atoms with Crippen LogP contribution in [0.15, 0.2) is 11.6 Å². The second kappa shape index (κ2) is 9.40. The van der Waals surface area contributed by atoms with E-state index in [0.29, 0.717) is 0 Å². The minimum atomic E-state index is -0.216. The van der Waals surface area contributed by atoms with E-state index >= 15 is 0 Å². The monoisotopic (exact) mass is 227 g/mol. The van der Waals surface area contributed by atoms with Gasteiger partial charge in [-0.3, -0.25) is 0 Å². The summed E-state index contributed by atoms with van der Waals surface area (Å²) in [5.41, 5.74) is 0.750. The molecule has 0 saturated heterocycles. The van der Waals surface area contributed by atoms with Gasteiger partial charge in [0.15, 0.2) is 0 Å². The van der Waals surface area contributed by atoms with Crippen LogP contribution in [0.25, 0.3) is 0 Å². The van der Waals surface area contributed by atoms with Crippen molar-refractivity contribution in [2.24, 2.45) is 5.92 Å². The van der Waals surface area contributed by atoms with Crippen LogP contribution < -0.4 is 5.32 Å². The normalized spacial score (nSPS) is 11.9. The van der Waals surface area contributed by atoms with E-state index in [1.54, 1.807) is 0 Å². The van der Waals surface area contributed by atoms with Gasteiger partial charge in [-0.2, -0.15) is 0 Å². The second-order valence-electron chi connectivity index (χ2n) is 3.92. The molecule has 3 heteroatoms. The lowest BCUT2D eigenvalue weighted by Crippen LogP contribution is -2.22. The summed E-state index contributed by atoms with van der Waals surface area (Å²) in [5.74, 6) is 0.517. The first kappa shape index (κ1) is 15.2. The third kappa shape index (κ3) is 5.91. The topological polar surface area (TPSA) is 38.3 Å². The number of ether oxygens (including phenoxy) is 1. The summed E-state index contributed by atoms with van der Waals surface area (Å²) in [7, 11) is 1.42. The van der Waals surface area contributed by atoms with Crippen molar-refractivity contribution in [3.05, 3.63) is 11.6 Å². The molecule has 0 aromatic rings. The van der Waals surface area contributed by atoms with Gasteiger partial charge in [-0.25, -0.2) is 4.79 Å². The highest BCUT2D eigenvalue weighted by molar-refractivity contribution is 5.88. The zero-order chi connectivity index (χ0) is 12.4. The smallest absolute Gasteiger partial charge is 0.333 e. The predicted octanol–water partition coefficient (Wildman–Crippen LogP) is 2.52. The van der Waals surface area contributed by atoms with Crippen LogP contribution in [-0.2, 0) is 9.53 Å². The molecule has 1 N–H and O–H groups in total. The zero-order valence-electron chi connectivity index (χ0n) is 11.0. The summed E-state index contributed by atoms with van der Waals surface area (Å²) >= 11 is 0. The van der Waals surface area contributed by atoms with E-state index < -0.39 is 0 Å². The van der Waals surface area contributed by atoms with E-state index in [0.717, 1.165) is 31.0 Å². The highest BCUT2D eigenvalue weighted by Crippen LogP contribution is 2.05. The third-order valence-corrected chi connectivity index (χ3v) is 2.91. The Kier molecular flexibility index (Phi) is 8.91. The molecule has 0 aromatic heterocycles. The molecule has 0 fully saturated rings. The molecule has 94 valence electrons. The van der Waals surface area contributed by atoms with Crippen molar-refractivity contribution in [2.75, 3.05) is 20.2 Å². The zero-order valence-corrected chi connectivity index (χ0v) is 11.0. The van der Waals surface area contributed by atoms with E-state index in [2.05, 4.69) is 23.9 Å². The molecule has 0 radical (unpaired) electrons. The van der Waals surface area contributed by atoms with E-state index in [4.69, 9.17) is 0 Å². The number of carbonyl (C=O) groups excluding carboxylic acids is 1. The first-order valence-electron chi connectivity index (χ1n) is 6.17. The summed E-state index contributed by atoms with van der Waals surface area (Å²) in [6, 6.07) is 0. The van der Waals surface area contributed by atoms with Crippen molar-refractivity contribution in [2.45, 2.75) is 40.0 Å². The Hall–Kier alpha value is -0.830. The van der Waals surface area contributed by atoms with Crippen LogP contribution in [-0.4, -0.2) is 26.2 Å². The number of methoxy groups -OCH3 is 1. The number of carbonyl (C=O) groups is 1. The summed E-state index contributed by atoms with van der Waals surface area (Å²) in [6.07, 6.45) is 5.04. The van der Waals surface area contributed by atoms with Gasteiger partial charge in [-0.1, -0.05) is 39.7 Å². The SMILES string of the molecule is CC/C(=C/CNCC(CC)CC)C(=O)OC. The Morgan fingerprint density at radius 2 is 1.94 bits per heavy atom. The maximum Gasteiger partial charge on any atom is 0.333 e. The molecule has 0 bridgehead atoms. The van der Waals surface area contributed by atoms with Gasteiger partial charge in [-0.15, -0.1) is 0 Å². The molecule has 0 spiro atoms. The van der Waals surface area contributed by atoms with Crippen LogP contribution in [0.1, 0.15) is 40.0 Å². The second-order valence-corrected chi connectivity index (χ2v) is 3.92. The van der Waals surface area contributed by atoms with E-state index in [9.17, 15) is 4.79 Å². The molecule has 0 aliphatic heterocycles. The minimum absolute atomic E-state index is 0.216. The maximum absolute atomic E-state index is 11.3. The minimum Gasteiger partial charge on any atom is -0.466 e. The van der Waals surface area contributed by atoms with Crippen molar-refractivity contribution in [3.8, 4) is 0 Å². The molecule has 0 aromatic carbocycles. The van der Waals surface area contributed by atoms with Crippen LogP contribution in [0.4, 0.5) is 0 Å². The fraction of sp³-hybridized carbons (Fsp3) is 0.769. The van der Waals surface area contributed by atoms with Crippen molar-refractivity contribution in [1.82, 2.24) is 5.32 Å². The predicted molar refractivity (Wildman–Crippen MR) is 67.3 cm³/mol. The molecule has 0 heterocycles. The molecule has 3 nitrogen and oxygen atoms in total. The highest BCUT2D eigenvalue weighted by atomic mass is 16.5. The Balaban J connectivity index is 3.92. The first-order chi connectivity index (χ1) is 7.69. The van der Waals surface area contributed by atoms with E-state index in [-0.39, 0.29) is 5.97 Å². The molecule has 16 heavy (non-hydrogen) atoms. The Morgan fingerprint density at radius 3 is 2.38 bits per heavy atom. The Morgan fingerprint density at radius 1 is 1.31 bits per heavy atom. The molecule has 0 saturated carbocycles. The summed E-state index contributed by atoms with van der Waals surface area (Å²) in [6.45, 7) is 8.13. The van der Waals surface area contributed by atoms with Gasteiger partial charge in [0.2, 0.25) is 0 Å². The van der Waals surface area contributed by atoms with Crippen molar-refractivity contribution >= 4 is 5.97 Å². The van der Waals surface area contributed by atoms with Crippen LogP contribution in [0.5, 0.6) is 0 Å². The van der Waals surface area contributed by atoms with Gasteiger partial charge in [0, 0.05) is 12.1 Å². The average Bonchev–Trinajstić information content (AvgIpc) is 2.33. The number of hydrogen-bond donors (Lipinski definition) is 1. The molecule has 0 aliphatic rings. The van der Waals surface area contributed by atoms with E-state index in [1.165, 1.54) is 20.0 Å². The molecule has 0 aliphatic carbocycles. The fourth-order valence-electron chi connectivity index (χ4n) is 1.56. The average molecular weight is 227 g/mol. The molecule has 0 amide bonds. The quantitative estimate of drug-likeness (QED) is 0.393. The van der Waals surface area contributed by atoms with Crippen molar-refractivity contribution in [1.29, 1.82) is 0 Å². The number of rotatable bonds is 8. The molecular formula is C13H25NO2. The van der Waals surface area contributed by atoms with Crippen LogP contribution in [0, 0.1) is 5.92 Å². The van der Waals surface area contributed by atoms with Crippen LogP contribution >= 0.6 is 0 Å². The van der Waals surface area contributed by atoms with Crippen LogP contribution in [0.2, 0.25) is 0 Å². The third-order valence-electron chi connectivity index (χ3n) is 2.91. The van der Waals surface area contributed by atoms with Crippen molar-refractivity contribution in [3.63, 3.8) is 0 Å². The lowest BCUT2D eigenvalue weighted by Gasteiger charge is -2.12. The Bertz CT molecular complexity index is 220. The van der Waals surface area contributed by atoms with Crippen LogP contribution in [0.3, 0.4) is 0 Å². The molecule has 0 rings (SSSR count). The lowest BCUT2D eigenvalue weighted by molar-refractivity contribution is -0.136. The fourth-order valence-corrected chi connectivity index (χ4v) is 1.56. The maximum atomic E-state index is 11.3. The van der Waals surface area contributed by atoms with E-state index in [1.807, 2.05) is 13.0 Å². The van der Waals surface area contributed by atoms with Gasteiger partial charge >= 0.3 is 5.97 Å². The highest BCUT2D eigenvalue weighted by Gasteiger charge is 2.06. The number of nitrogens with one attached hydrogen (secondary N) is 1. The van der Waals surface area contributed by atoms with Gasteiger partial charge in [0.1, 0.15) is 0 Å².